The molecule has 0 bridgehead atoms. The quantitative estimate of drug-likeness (QED) is 0.742. The van der Waals surface area contributed by atoms with Crippen molar-refractivity contribution in [3.05, 3.63) is 76.1 Å². The number of alkyl halides is 3. The summed E-state index contributed by atoms with van der Waals surface area (Å²) in [5.74, 6) is -0.940. The van der Waals surface area contributed by atoms with E-state index in [9.17, 15) is 22.8 Å². The number of hydrogen-bond acceptors (Lipinski definition) is 5. The van der Waals surface area contributed by atoms with Crippen molar-refractivity contribution in [1.29, 1.82) is 0 Å². The van der Waals surface area contributed by atoms with E-state index < -0.39 is 30.3 Å². The van der Waals surface area contributed by atoms with Crippen LogP contribution < -0.4 is 11.0 Å². The number of fused-ring (bicyclic) bond motifs is 2. The Hall–Kier alpha value is -3.53. The number of allylic oxidation sites excluding steroid dienone is 3. The number of halogens is 3. The first-order valence-electron chi connectivity index (χ1n) is 9.86. The Morgan fingerprint density at radius 2 is 1.91 bits per heavy atom. The van der Waals surface area contributed by atoms with Crippen LogP contribution in [-0.2, 0) is 16.1 Å². The number of ether oxygens (including phenoxy) is 1. The summed E-state index contributed by atoms with van der Waals surface area (Å²) in [6.45, 7) is 3.51. The second-order valence-corrected chi connectivity index (χ2v) is 6.75. The summed E-state index contributed by atoms with van der Waals surface area (Å²) in [5, 5.41) is 10.9. The normalized spacial score (nSPS) is 17.6. The molecule has 1 unspecified atom stereocenters. The van der Waals surface area contributed by atoms with Gasteiger partial charge < -0.3 is 9.84 Å². The molecule has 0 saturated carbocycles. The number of pyridine rings is 1. The van der Waals surface area contributed by atoms with Crippen LogP contribution in [0.15, 0.2) is 64.9 Å². The number of hydrazine groups is 1. The molecule has 0 radical (unpaired) electrons. The maximum Gasteiger partial charge on any atom is 0.409 e. The molecule has 0 saturated heterocycles. The number of benzene rings is 1. The van der Waals surface area contributed by atoms with Crippen molar-refractivity contribution in [2.75, 3.05) is 7.11 Å². The first-order chi connectivity index (χ1) is 15.2. The fourth-order valence-corrected chi connectivity index (χ4v) is 3.53. The van der Waals surface area contributed by atoms with E-state index in [1.807, 2.05) is 13.8 Å². The maximum atomic E-state index is 13.3. The summed E-state index contributed by atoms with van der Waals surface area (Å²) in [4.78, 5) is 23.1. The molecule has 0 fully saturated rings. The molecule has 170 valence electrons. The Morgan fingerprint density at radius 1 is 1.19 bits per heavy atom. The standard InChI is InChI=1S/C20H16F3N3O4.C2H6/c1-30-18-7-4-13(15-9-16(20(21,22)23)24-26(15)18)11-2-5-14-12(8-11)3-6-17(27)25(14)10-19(28)29;1-2/h2-9,16,24H,10H2,1H3,(H,28,29);1-2H3. The lowest BCUT2D eigenvalue weighted by Gasteiger charge is -2.29. The molecule has 10 heteroatoms. The molecule has 7 nitrogen and oxygen atoms in total. The molecular formula is C22H22F3N3O4. The Balaban J connectivity index is 0.00000141. The maximum absolute atomic E-state index is 13.3. The average molecular weight is 449 g/mol. The van der Waals surface area contributed by atoms with Gasteiger partial charge in [-0.05, 0) is 41.3 Å². The van der Waals surface area contributed by atoms with Crippen LogP contribution >= 0.6 is 0 Å². The summed E-state index contributed by atoms with van der Waals surface area (Å²) in [5.41, 5.74) is 3.76. The third-order valence-electron chi connectivity index (χ3n) is 4.88. The Morgan fingerprint density at radius 3 is 2.53 bits per heavy atom. The first kappa shape index (κ1) is 23.1. The van der Waals surface area contributed by atoms with Gasteiger partial charge in [-0.3, -0.25) is 14.2 Å². The fraction of sp³-hybridized carbons (Fsp3) is 0.273. The van der Waals surface area contributed by atoms with Crippen molar-refractivity contribution in [1.82, 2.24) is 15.0 Å². The summed E-state index contributed by atoms with van der Waals surface area (Å²) in [6.07, 6.45) is -0.206. The molecule has 32 heavy (non-hydrogen) atoms. The van der Waals surface area contributed by atoms with Crippen molar-refractivity contribution in [3.63, 3.8) is 0 Å². The van der Waals surface area contributed by atoms with Crippen molar-refractivity contribution in [2.45, 2.75) is 32.6 Å². The molecular weight excluding hydrogens is 427 g/mol. The zero-order valence-corrected chi connectivity index (χ0v) is 17.6. The third kappa shape index (κ3) is 4.26. The van der Waals surface area contributed by atoms with Crippen LogP contribution in [0.5, 0.6) is 0 Å². The van der Waals surface area contributed by atoms with Gasteiger partial charge in [0.25, 0.3) is 5.56 Å². The Kier molecular flexibility index (Phi) is 6.45. The summed E-state index contributed by atoms with van der Waals surface area (Å²) >= 11 is 0. The summed E-state index contributed by atoms with van der Waals surface area (Å²) < 4.78 is 46.1. The number of aromatic nitrogens is 1. The topological polar surface area (TPSA) is 83.8 Å². The highest BCUT2D eigenvalue weighted by atomic mass is 19.4. The fourth-order valence-electron chi connectivity index (χ4n) is 3.53. The van der Waals surface area contributed by atoms with Gasteiger partial charge in [-0.2, -0.15) is 13.2 Å². The molecule has 0 amide bonds. The molecule has 1 aromatic heterocycles. The van der Waals surface area contributed by atoms with Gasteiger partial charge in [0.05, 0.1) is 18.3 Å². The van der Waals surface area contributed by atoms with E-state index >= 15 is 0 Å². The number of carboxylic acids is 1. The summed E-state index contributed by atoms with van der Waals surface area (Å²) in [6, 6.07) is 5.86. The van der Waals surface area contributed by atoms with E-state index in [1.54, 1.807) is 36.4 Å². The van der Waals surface area contributed by atoms with Crippen molar-refractivity contribution in [2.24, 2.45) is 0 Å². The zero-order chi connectivity index (χ0) is 23.6. The number of carboxylic acid groups (broad SMARTS) is 1. The van der Waals surface area contributed by atoms with Gasteiger partial charge in [0, 0.05) is 17.7 Å². The molecule has 1 aromatic carbocycles. The molecule has 0 spiro atoms. The highest BCUT2D eigenvalue weighted by Crippen LogP contribution is 2.38. The lowest BCUT2D eigenvalue weighted by atomic mass is 9.97. The highest BCUT2D eigenvalue weighted by molar-refractivity contribution is 5.89. The lowest BCUT2D eigenvalue weighted by Crippen LogP contribution is -2.44. The van der Waals surface area contributed by atoms with E-state index in [4.69, 9.17) is 9.84 Å². The number of nitrogens with one attached hydrogen (secondary N) is 1. The van der Waals surface area contributed by atoms with Gasteiger partial charge >= 0.3 is 12.1 Å². The number of methoxy groups -OCH3 is 1. The molecule has 2 aromatic rings. The summed E-state index contributed by atoms with van der Waals surface area (Å²) in [7, 11) is 1.36. The second kappa shape index (κ2) is 8.91. The van der Waals surface area contributed by atoms with E-state index in [2.05, 4.69) is 5.43 Å². The number of rotatable bonds is 4. The van der Waals surface area contributed by atoms with Crippen molar-refractivity contribution >= 4 is 22.4 Å². The second-order valence-electron chi connectivity index (χ2n) is 6.75. The Labute approximate surface area is 181 Å². The Bertz CT molecular complexity index is 1200. The van der Waals surface area contributed by atoms with Gasteiger partial charge in [-0.15, -0.1) is 0 Å². The SMILES string of the molecule is CC.COC1=CC=C(c2ccc3c(ccc(=O)n3CC(=O)O)c2)C2=CC(C(F)(F)F)NN12. The van der Waals surface area contributed by atoms with Crippen molar-refractivity contribution < 1.29 is 27.8 Å². The monoisotopic (exact) mass is 449 g/mol. The van der Waals surface area contributed by atoms with E-state index in [1.165, 1.54) is 18.2 Å². The third-order valence-corrected chi connectivity index (χ3v) is 4.88. The van der Waals surface area contributed by atoms with Crippen molar-refractivity contribution in [3.8, 4) is 0 Å². The lowest BCUT2D eigenvalue weighted by molar-refractivity contribution is -0.149. The van der Waals surface area contributed by atoms with Gasteiger partial charge in [-0.1, -0.05) is 19.9 Å². The van der Waals surface area contributed by atoms with Gasteiger partial charge in [0.2, 0.25) is 5.88 Å². The molecule has 1 atom stereocenters. The molecule has 2 N–H and O–H groups in total. The van der Waals surface area contributed by atoms with Crippen LogP contribution in [0.3, 0.4) is 0 Å². The van der Waals surface area contributed by atoms with Gasteiger partial charge in [0.15, 0.2) is 0 Å². The molecule has 2 aliphatic rings. The zero-order valence-electron chi connectivity index (χ0n) is 17.6. The molecule has 4 rings (SSSR count). The van der Waals surface area contributed by atoms with Crippen LogP contribution in [0.25, 0.3) is 16.5 Å². The molecule has 0 aliphatic carbocycles. The van der Waals surface area contributed by atoms with E-state index in [-0.39, 0.29) is 11.6 Å². The van der Waals surface area contributed by atoms with Crippen LogP contribution in [-0.4, -0.2) is 40.0 Å². The van der Waals surface area contributed by atoms with E-state index in [0.717, 1.165) is 10.6 Å². The van der Waals surface area contributed by atoms with Crippen LogP contribution in [0.4, 0.5) is 13.2 Å². The van der Waals surface area contributed by atoms with Crippen LogP contribution in [0.2, 0.25) is 0 Å². The molecule has 3 heterocycles. The first-order valence-corrected chi connectivity index (χ1v) is 9.86. The van der Waals surface area contributed by atoms with E-state index in [0.29, 0.717) is 22.0 Å². The van der Waals surface area contributed by atoms with Crippen LogP contribution in [0.1, 0.15) is 19.4 Å². The predicted octanol–water partition coefficient (Wildman–Crippen LogP) is 3.63. The van der Waals surface area contributed by atoms with Gasteiger partial charge in [-0.25, -0.2) is 10.4 Å². The predicted molar refractivity (Wildman–Crippen MR) is 113 cm³/mol. The highest BCUT2D eigenvalue weighted by Gasteiger charge is 2.45. The minimum absolute atomic E-state index is 0.216. The number of nitrogens with zero attached hydrogens (tertiary/aromatic N) is 2. The number of aliphatic carboxylic acids is 1. The number of hydrogen-bond donors (Lipinski definition) is 2. The molecule has 2 aliphatic heterocycles. The minimum Gasteiger partial charge on any atom is -0.481 e. The average Bonchev–Trinajstić information content (AvgIpc) is 3.22. The minimum atomic E-state index is -4.48. The number of carbonyl (C=O) groups is 1. The van der Waals surface area contributed by atoms with Gasteiger partial charge in [0.1, 0.15) is 12.6 Å². The largest absolute Gasteiger partial charge is 0.481 e. The smallest absolute Gasteiger partial charge is 0.409 e. The van der Waals surface area contributed by atoms with Crippen LogP contribution in [0, 0.1) is 0 Å².